The first-order valence-corrected chi connectivity index (χ1v) is 133. The Bertz CT molecular complexity index is 3380. The van der Waals surface area contributed by atoms with Crippen LogP contribution in [0.15, 0.2) is 0 Å². The fourth-order valence-electron chi connectivity index (χ4n) is 23.4. The van der Waals surface area contributed by atoms with Gasteiger partial charge in [0, 0.05) is 109 Å². The summed E-state index contributed by atoms with van der Waals surface area (Å²) in [6.07, 6.45) is 6.95. The van der Waals surface area contributed by atoms with E-state index in [0.29, 0.717) is 28.6 Å². The lowest BCUT2D eigenvalue weighted by Gasteiger charge is -2.53. The minimum absolute atomic E-state index is 0.293. The molecular weight excluding hydrogens is 2140 g/mol. The number of rotatable bonds is 25. The zero-order chi connectivity index (χ0) is 104. The third-order valence-electron chi connectivity index (χ3n) is 25.8. The molecule has 9 aliphatic heterocycles. The van der Waals surface area contributed by atoms with Crippen LogP contribution in [0.4, 0.5) is 0 Å². The van der Waals surface area contributed by atoms with Crippen LogP contribution in [-0.4, -0.2) is 244 Å². The fourth-order valence-corrected chi connectivity index (χ4v) is 229. The quantitative estimate of drug-likeness (QED) is 0.0777. The second kappa shape index (κ2) is 45.5. The standard InChI is InChI=1S/C16H42Si4.C15H38Si4.C13H36O5Si5.C13H36O3Si4.C12H32O11Si8.C11H30O4Si4/c1-12-16(2)20(13-17(3,4)5,14-18(6,7)8)15-19(9,10)11;1-10-15(2)19(9)13-17(5,6)11-16(3,4)12-18(7,8)14-19;1-12-13(2)23(11)17-21(7,8)15-19(3,4)14-20(5,6)16-22(9,10)18-23;1-12-13(2)20(14-17(3,4)5,15-18(6,7)8)16-19(9,10)11;1-10-12(2)11-31-21-27(6)14-24(3)13-25(4)16-26(5,17-27)19-30(9,23-31)29(8,18-25)20-28(7,15-24)22-31;1-10-11(2)19(9)14-17(5,6)12-16(3,4)13-18(7,8)15-19/h16H,12-15H2,1-11H3;15H,10-14H2,1-9H3;13H,12H2,1-11H3;13H,12H2,1-11H3;12H,10-11H2,1-9H3;11H,10H2,1-9H3. The first kappa shape index (κ1) is 132. The van der Waals surface area contributed by atoms with Gasteiger partial charge in [0.2, 0.25) is 0 Å². The monoisotopic (exact) mass is 2350 g/mol. The molecule has 0 aliphatic carbocycles. The Hall–Kier alpha value is 5.37. The average molecular weight is 2360 g/mol. The molecule has 0 spiro atoms. The second-order valence-electron chi connectivity index (χ2n) is 54.7. The van der Waals surface area contributed by atoms with Crippen molar-refractivity contribution in [2.45, 2.75) is 509 Å². The molecule has 9 saturated heterocycles. The Morgan fingerprint density at radius 1 is 0.242 bits per heavy atom. The highest BCUT2D eigenvalue weighted by atomic mass is 29.3. The van der Waals surface area contributed by atoms with Crippen molar-refractivity contribution in [3.8, 4) is 0 Å². The number of hydrogen-bond acceptors (Lipinski definition) is 23. The van der Waals surface area contributed by atoms with Gasteiger partial charge in [0.15, 0.2) is 25.0 Å². The maximum absolute atomic E-state index is 6.98. The molecule has 8 bridgehead atoms. The third kappa shape index (κ3) is 42.0. The predicted octanol–water partition coefficient (Wildman–Crippen LogP) is 29.4. The van der Waals surface area contributed by atoms with E-state index in [4.69, 9.17) is 94.6 Å². The second-order valence-corrected chi connectivity index (χ2v) is 180. The maximum atomic E-state index is 6.98. The van der Waals surface area contributed by atoms with Gasteiger partial charge in [0.25, 0.3) is 0 Å². The summed E-state index contributed by atoms with van der Waals surface area (Å²) in [5.41, 5.74) is 15.2. The molecule has 0 saturated carbocycles. The lowest BCUT2D eigenvalue weighted by atomic mass is 10.2. The summed E-state index contributed by atoms with van der Waals surface area (Å²) in [6, 6.07) is 0.595. The van der Waals surface area contributed by atoms with Crippen molar-refractivity contribution in [3.05, 3.63) is 0 Å². The molecule has 9 aliphatic rings. The van der Waals surface area contributed by atoms with E-state index in [-0.39, 0.29) is 0 Å². The van der Waals surface area contributed by atoms with E-state index < -0.39 is 244 Å². The highest BCUT2D eigenvalue weighted by molar-refractivity contribution is 7.37. The molecule has 14 atom stereocenters. The molecular formula is C80H214O23Si29. The van der Waals surface area contributed by atoms with Crippen LogP contribution in [0.5, 0.6) is 0 Å². The van der Waals surface area contributed by atoms with Gasteiger partial charge in [-0.25, -0.2) is 0 Å². The smallest absolute Gasteiger partial charge is 0.417 e. The zero-order valence-electron chi connectivity index (χ0n) is 97.3. The van der Waals surface area contributed by atoms with E-state index in [1.54, 1.807) is 39.7 Å². The Balaban J connectivity index is 0.000000413. The van der Waals surface area contributed by atoms with Crippen molar-refractivity contribution in [1.82, 2.24) is 0 Å². The zero-order valence-corrected chi connectivity index (χ0v) is 126. The summed E-state index contributed by atoms with van der Waals surface area (Å²) >= 11 is 0. The predicted molar refractivity (Wildman–Crippen MR) is 630 cm³/mol. The van der Waals surface area contributed by atoms with Crippen LogP contribution in [0.2, 0.25) is 388 Å². The van der Waals surface area contributed by atoms with Crippen LogP contribution in [0.3, 0.4) is 0 Å². The van der Waals surface area contributed by atoms with E-state index in [0.717, 1.165) is 36.8 Å². The highest BCUT2D eigenvalue weighted by Gasteiger charge is 2.83. The summed E-state index contributed by atoms with van der Waals surface area (Å²) in [4.78, 5) is 0. The largest absolute Gasteiger partial charge is 0.477 e. The Labute approximate surface area is 846 Å². The molecule has 0 amide bonds. The van der Waals surface area contributed by atoms with E-state index in [1.807, 2.05) is 45.8 Å². The summed E-state index contributed by atoms with van der Waals surface area (Å²) in [5.74, 6) is 0.293. The molecule has 0 radical (unpaired) electrons. The topological polar surface area (TPSA) is 212 Å². The van der Waals surface area contributed by atoms with E-state index in [1.165, 1.54) is 12.8 Å². The Morgan fingerprint density at radius 3 is 0.705 bits per heavy atom. The molecule has 0 aromatic carbocycles. The summed E-state index contributed by atoms with van der Waals surface area (Å²) < 4.78 is 152. The fraction of sp³-hybridized carbons (Fsp3) is 1.00. The van der Waals surface area contributed by atoms with Crippen molar-refractivity contribution in [1.29, 1.82) is 0 Å². The first-order valence-electron chi connectivity index (χ1n) is 51.0. The minimum atomic E-state index is -3.41. The molecule has 14 unspecified atom stereocenters. The lowest BCUT2D eigenvalue weighted by molar-refractivity contribution is 0.0328. The van der Waals surface area contributed by atoms with Gasteiger partial charge in [-0.2, -0.15) is 0 Å². The van der Waals surface area contributed by atoms with Crippen molar-refractivity contribution < 1.29 is 94.6 Å². The molecule has 52 heteroatoms. The van der Waals surface area contributed by atoms with Crippen LogP contribution in [0.25, 0.3) is 0 Å². The van der Waals surface area contributed by atoms with Crippen LogP contribution >= 0.6 is 0 Å². The van der Waals surface area contributed by atoms with Gasteiger partial charge in [-0.15, -0.1) is 0 Å². The molecule has 132 heavy (non-hydrogen) atoms. The lowest BCUT2D eigenvalue weighted by Crippen LogP contribution is -2.78. The maximum Gasteiger partial charge on any atom is 0.477 e. The average Bonchev–Trinajstić information content (AvgIpc) is 1.61. The van der Waals surface area contributed by atoms with Crippen molar-refractivity contribution in [3.63, 3.8) is 0 Å². The minimum Gasteiger partial charge on any atom is -0.417 e. The Kier molecular flexibility index (Phi) is 45.3. The number of hydrogen-bond donors (Lipinski definition) is 0. The normalized spacial score (nSPS) is 33.4. The third-order valence-corrected chi connectivity index (χ3v) is 176. The molecule has 9 fully saturated rings. The first-order chi connectivity index (χ1) is 57.8. The SMILES string of the molecule is CCC(C)C[Si]12O[Si]3(C)O[Si]4(C)O[Si]5(C)O[Si](C)(O3)O[Si](C)(O1)[Si](C)(O5)O[Si](C)(O4)O2.CCC(C)[Si](C[Si](C)(C)C)(C[Si](C)(C)C)C[Si](C)(C)C.CCC(C)[Si](O[Si](C)(C)C)(O[Si](C)(C)C)O[Si](C)(C)C.CCC(C)[Si]1(C)C[Si](C)(C)C[Si](C)(C)C[Si](C)(C)C1.CCC(C)[Si]1(C)O[Si](C)(C)O[Si](C)(C)O[Si](C)(C)O1.CCC(C)[Si]1(C)O[Si](C)(C)O[Si](C)(C)O[Si](C)(C)O[Si](C)(C)O1. The van der Waals surface area contributed by atoms with Gasteiger partial charge in [-0.05, 0) is 211 Å². The van der Waals surface area contributed by atoms with Crippen LogP contribution < -0.4 is 0 Å². The molecule has 9 rings (SSSR count). The van der Waals surface area contributed by atoms with Gasteiger partial charge < -0.3 is 94.6 Å². The van der Waals surface area contributed by atoms with E-state index in [9.17, 15) is 0 Å². The molecule has 0 N–H and O–H groups in total. The molecule has 0 aromatic rings. The van der Waals surface area contributed by atoms with Crippen molar-refractivity contribution in [2.24, 2.45) is 5.92 Å². The molecule has 788 valence electrons. The van der Waals surface area contributed by atoms with Gasteiger partial charge in [0.05, 0.1) is 0 Å². The molecule has 9 heterocycles. The highest BCUT2D eigenvalue weighted by Crippen LogP contribution is 2.54. The molecule has 0 aromatic heterocycles. The van der Waals surface area contributed by atoms with Crippen molar-refractivity contribution >= 4 is 244 Å². The van der Waals surface area contributed by atoms with Crippen LogP contribution in [0, 0.1) is 5.92 Å². The summed E-state index contributed by atoms with van der Waals surface area (Å²) in [6.45, 7) is 137. The van der Waals surface area contributed by atoms with Crippen LogP contribution in [0.1, 0.15) is 122 Å². The van der Waals surface area contributed by atoms with Crippen LogP contribution in [-0.2, 0) is 94.6 Å². The van der Waals surface area contributed by atoms with Gasteiger partial charge in [-0.1, -0.05) is 260 Å². The van der Waals surface area contributed by atoms with Gasteiger partial charge >= 0.3 is 155 Å². The summed E-state index contributed by atoms with van der Waals surface area (Å²) in [7, 11) is -62.7. The Morgan fingerprint density at radius 2 is 0.470 bits per heavy atom. The van der Waals surface area contributed by atoms with Gasteiger partial charge in [-0.3, -0.25) is 0 Å². The van der Waals surface area contributed by atoms with Gasteiger partial charge in [0.1, 0.15) is 0 Å². The van der Waals surface area contributed by atoms with Crippen molar-refractivity contribution in [2.75, 3.05) is 0 Å². The van der Waals surface area contributed by atoms with E-state index in [2.05, 4.69) is 352 Å². The summed E-state index contributed by atoms with van der Waals surface area (Å²) in [5, 5.41) is 0. The van der Waals surface area contributed by atoms with E-state index >= 15 is 0 Å². The molecule has 23 nitrogen and oxygen atoms in total.